The van der Waals surface area contributed by atoms with Crippen LogP contribution in [0.3, 0.4) is 0 Å². The molecule has 6 nitrogen and oxygen atoms in total. The van der Waals surface area contributed by atoms with Gasteiger partial charge in [-0.2, -0.15) is 0 Å². The van der Waals surface area contributed by atoms with Crippen molar-refractivity contribution in [2.45, 2.75) is 53.0 Å². The maximum absolute atomic E-state index is 13.3. The maximum atomic E-state index is 13.3. The average molecular weight is 462 g/mol. The number of benzene rings is 2. The van der Waals surface area contributed by atoms with E-state index in [9.17, 15) is 9.59 Å². The molecule has 0 atom stereocenters. The molecule has 180 valence electrons. The number of ether oxygens (including phenoxy) is 1. The summed E-state index contributed by atoms with van der Waals surface area (Å²) in [5, 5.41) is 3.26. The van der Waals surface area contributed by atoms with E-state index < -0.39 is 0 Å². The minimum Gasteiger partial charge on any atom is -0.493 e. The topological polar surface area (TPSA) is 61.9 Å². The third-order valence-corrected chi connectivity index (χ3v) is 6.22. The van der Waals surface area contributed by atoms with E-state index in [1.165, 1.54) is 29.8 Å². The number of piperidine rings is 1. The van der Waals surface area contributed by atoms with E-state index in [1.807, 2.05) is 50.2 Å². The molecule has 2 amide bonds. The first-order chi connectivity index (χ1) is 16.3. The van der Waals surface area contributed by atoms with Gasteiger partial charge in [-0.25, -0.2) is 0 Å². The molecule has 0 unspecified atom stereocenters. The van der Waals surface area contributed by atoms with Crippen molar-refractivity contribution < 1.29 is 14.3 Å². The lowest BCUT2D eigenvalue weighted by atomic mass is 10.0. The van der Waals surface area contributed by atoms with E-state index in [-0.39, 0.29) is 17.9 Å². The molecule has 1 N–H and O–H groups in total. The second-order valence-corrected chi connectivity index (χ2v) is 9.77. The highest BCUT2D eigenvalue weighted by atomic mass is 16.5. The number of imide groups is 1. The van der Waals surface area contributed by atoms with Crippen LogP contribution in [0.25, 0.3) is 5.57 Å². The van der Waals surface area contributed by atoms with Gasteiger partial charge in [0.15, 0.2) is 0 Å². The summed E-state index contributed by atoms with van der Waals surface area (Å²) < 4.78 is 5.78. The Balaban J connectivity index is 1.61. The highest BCUT2D eigenvalue weighted by molar-refractivity contribution is 6.36. The molecule has 0 radical (unpaired) electrons. The minimum atomic E-state index is -0.296. The number of hydrogen-bond donors (Lipinski definition) is 1. The Bertz CT molecular complexity index is 1050. The van der Waals surface area contributed by atoms with Crippen LogP contribution in [0.5, 0.6) is 5.75 Å². The summed E-state index contributed by atoms with van der Waals surface area (Å²) in [6.45, 7) is 10.7. The molecular formula is C28H35N3O3. The van der Waals surface area contributed by atoms with E-state index in [0.29, 0.717) is 29.4 Å². The molecule has 2 aromatic carbocycles. The standard InChI is InChI=1S/C28H35N3O3/c1-19(2)18-34-24-14-8-21(9-15-24)25-26(28(33)31(20(3)4)27(25)32)29-22-10-12-23(13-11-22)30-16-6-5-7-17-30/h8-15,19-20,29H,5-7,16-18H2,1-4H3. The molecule has 2 aliphatic heterocycles. The van der Waals surface area contributed by atoms with E-state index in [1.54, 1.807) is 0 Å². The van der Waals surface area contributed by atoms with Crippen LogP contribution < -0.4 is 15.0 Å². The van der Waals surface area contributed by atoms with Crippen molar-refractivity contribution in [3.8, 4) is 5.75 Å². The second-order valence-electron chi connectivity index (χ2n) is 9.77. The van der Waals surface area contributed by atoms with E-state index in [2.05, 4.69) is 36.2 Å². The van der Waals surface area contributed by atoms with Crippen molar-refractivity contribution >= 4 is 28.8 Å². The van der Waals surface area contributed by atoms with Crippen LogP contribution in [0, 0.1) is 5.92 Å². The van der Waals surface area contributed by atoms with Crippen LogP contribution in [0.4, 0.5) is 11.4 Å². The SMILES string of the molecule is CC(C)COc1ccc(C2=C(Nc3ccc(N4CCCCC4)cc3)C(=O)N(C(C)C)C2=O)cc1. The number of amides is 2. The van der Waals surface area contributed by atoms with Crippen molar-refractivity contribution in [2.75, 3.05) is 29.9 Å². The number of rotatable bonds is 8. The minimum absolute atomic E-state index is 0.232. The molecule has 1 fully saturated rings. The van der Waals surface area contributed by atoms with Crippen molar-refractivity contribution in [1.82, 2.24) is 4.90 Å². The summed E-state index contributed by atoms with van der Waals surface area (Å²) in [5.74, 6) is 0.602. The summed E-state index contributed by atoms with van der Waals surface area (Å²) in [6.07, 6.45) is 3.73. The fraction of sp³-hybridized carbons (Fsp3) is 0.429. The van der Waals surface area contributed by atoms with E-state index in [0.717, 1.165) is 24.5 Å². The predicted octanol–water partition coefficient (Wildman–Crippen LogP) is 5.31. The third-order valence-electron chi connectivity index (χ3n) is 6.22. The molecule has 6 heteroatoms. The molecule has 34 heavy (non-hydrogen) atoms. The first-order valence-corrected chi connectivity index (χ1v) is 12.3. The fourth-order valence-electron chi connectivity index (χ4n) is 4.43. The molecule has 2 heterocycles. The van der Waals surface area contributed by atoms with Crippen molar-refractivity contribution in [2.24, 2.45) is 5.92 Å². The molecule has 2 aliphatic rings. The van der Waals surface area contributed by atoms with Crippen molar-refractivity contribution in [3.05, 3.63) is 59.8 Å². The lowest BCUT2D eigenvalue weighted by Gasteiger charge is -2.28. The zero-order valence-electron chi connectivity index (χ0n) is 20.6. The lowest BCUT2D eigenvalue weighted by Crippen LogP contribution is -2.38. The number of carbonyl (C=O) groups is 2. The Hall–Kier alpha value is -3.28. The number of carbonyl (C=O) groups excluding carboxylic acids is 2. The fourth-order valence-corrected chi connectivity index (χ4v) is 4.43. The number of hydrogen-bond acceptors (Lipinski definition) is 5. The van der Waals surface area contributed by atoms with Gasteiger partial charge in [-0.1, -0.05) is 26.0 Å². The van der Waals surface area contributed by atoms with Gasteiger partial charge in [0.1, 0.15) is 11.4 Å². The first-order valence-electron chi connectivity index (χ1n) is 12.3. The first kappa shape index (κ1) is 23.9. The smallest absolute Gasteiger partial charge is 0.278 e. The molecule has 0 saturated carbocycles. The van der Waals surface area contributed by atoms with Gasteiger partial charge < -0.3 is 15.0 Å². The summed E-state index contributed by atoms with van der Waals surface area (Å²) >= 11 is 0. The predicted molar refractivity (Wildman–Crippen MR) is 137 cm³/mol. The highest BCUT2D eigenvalue weighted by Crippen LogP contribution is 2.33. The van der Waals surface area contributed by atoms with Crippen LogP contribution in [-0.2, 0) is 9.59 Å². The van der Waals surface area contributed by atoms with Gasteiger partial charge in [-0.3, -0.25) is 14.5 Å². The Labute approximate surface area is 202 Å². The summed E-state index contributed by atoms with van der Waals surface area (Å²) in [5.41, 5.74) is 3.39. The van der Waals surface area contributed by atoms with Gasteiger partial charge in [0, 0.05) is 30.5 Å². The van der Waals surface area contributed by atoms with E-state index in [4.69, 9.17) is 4.74 Å². The van der Waals surface area contributed by atoms with Gasteiger partial charge in [0.05, 0.1) is 12.2 Å². The molecule has 0 bridgehead atoms. The van der Waals surface area contributed by atoms with Crippen LogP contribution in [-0.4, -0.2) is 42.5 Å². The molecular weight excluding hydrogens is 426 g/mol. The molecule has 0 spiro atoms. The molecule has 0 aromatic heterocycles. The Kier molecular flexibility index (Phi) is 7.25. The summed E-state index contributed by atoms with van der Waals surface area (Å²) in [7, 11) is 0. The van der Waals surface area contributed by atoms with E-state index >= 15 is 0 Å². The summed E-state index contributed by atoms with van der Waals surface area (Å²) in [6, 6.07) is 15.3. The Morgan fingerprint density at radius 3 is 2.09 bits per heavy atom. The van der Waals surface area contributed by atoms with Gasteiger partial charge in [0.2, 0.25) is 0 Å². The molecule has 1 saturated heterocycles. The largest absolute Gasteiger partial charge is 0.493 e. The third kappa shape index (κ3) is 5.11. The summed E-state index contributed by atoms with van der Waals surface area (Å²) in [4.78, 5) is 30.3. The quantitative estimate of drug-likeness (QED) is 0.540. The van der Waals surface area contributed by atoms with Gasteiger partial charge in [-0.15, -0.1) is 0 Å². The monoisotopic (exact) mass is 461 g/mol. The van der Waals surface area contributed by atoms with Crippen molar-refractivity contribution in [3.63, 3.8) is 0 Å². The zero-order valence-corrected chi connectivity index (χ0v) is 20.6. The normalized spacial score (nSPS) is 16.8. The molecule has 0 aliphatic carbocycles. The van der Waals surface area contributed by atoms with Gasteiger partial charge in [0.25, 0.3) is 11.8 Å². The second kappa shape index (κ2) is 10.3. The molecule has 2 aromatic rings. The number of nitrogens with zero attached hydrogens (tertiary/aromatic N) is 2. The van der Waals surface area contributed by atoms with Crippen LogP contribution in [0.1, 0.15) is 52.5 Å². The van der Waals surface area contributed by atoms with Crippen molar-refractivity contribution in [1.29, 1.82) is 0 Å². The average Bonchev–Trinajstić information content (AvgIpc) is 3.08. The highest BCUT2D eigenvalue weighted by Gasteiger charge is 2.40. The maximum Gasteiger partial charge on any atom is 0.278 e. The van der Waals surface area contributed by atoms with Gasteiger partial charge in [-0.05, 0) is 81.0 Å². The van der Waals surface area contributed by atoms with Crippen LogP contribution in [0.15, 0.2) is 54.2 Å². The number of anilines is 2. The molecule has 4 rings (SSSR count). The Morgan fingerprint density at radius 1 is 0.853 bits per heavy atom. The number of nitrogens with one attached hydrogen (secondary N) is 1. The Morgan fingerprint density at radius 2 is 1.50 bits per heavy atom. The van der Waals surface area contributed by atoms with Gasteiger partial charge >= 0.3 is 0 Å². The van der Waals surface area contributed by atoms with Crippen LogP contribution >= 0.6 is 0 Å². The lowest BCUT2D eigenvalue weighted by molar-refractivity contribution is -0.138. The van der Waals surface area contributed by atoms with Crippen LogP contribution in [0.2, 0.25) is 0 Å². The zero-order chi connectivity index (χ0) is 24.2.